The third-order valence-corrected chi connectivity index (χ3v) is 3.74. The second-order valence-corrected chi connectivity index (χ2v) is 5.74. The molecule has 2 aromatic rings. The zero-order valence-electron chi connectivity index (χ0n) is 13.0. The standard InChI is InChI=1S/C17H16Cl2O4/c1-10-4-15(21-2)16(22-3)7-12(10)9-23-17(20)11-5-13(18)8-14(19)6-11/h4-8H,9H2,1-3H3. The molecule has 0 heterocycles. The number of hydrogen-bond acceptors (Lipinski definition) is 4. The highest BCUT2D eigenvalue weighted by Crippen LogP contribution is 2.30. The van der Waals surface area contributed by atoms with Gasteiger partial charge in [0.15, 0.2) is 11.5 Å². The first kappa shape index (κ1) is 17.4. The van der Waals surface area contributed by atoms with Gasteiger partial charge in [0.05, 0.1) is 19.8 Å². The lowest BCUT2D eigenvalue weighted by Gasteiger charge is -2.13. The number of benzene rings is 2. The molecule has 0 saturated heterocycles. The van der Waals surface area contributed by atoms with Gasteiger partial charge in [0.25, 0.3) is 0 Å². The Morgan fingerprint density at radius 2 is 1.52 bits per heavy atom. The van der Waals surface area contributed by atoms with Crippen LogP contribution in [-0.4, -0.2) is 20.2 Å². The van der Waals surface area contributed by atoms with E-state index in [1.165, 1.54) is 12.1 Å². The summed E-state index contributed by atoms with van der Waals surface area (Å²) in [7, 11) is 3.12. The molecular weight excluding hydrogens is 339 g/mol. The van der Waals surface area contributed by atoms with Gasteiger partial charge in [-0.05, 0) is 48.4 Å². The number of halogens is 2. The molecule has 122 valence electrons. The second-order valence-electron chi connectivity index (χ2n) is 4.87. The van der Waals surface area contributed by atoms with Crippen LogP contribution >= 0.6 is 23.2 Å². The third-order valence-electron chi connectivity index (χ3n) is 3.30. The molecule has 2 aromatic carbocycles. The summed E-state index contributed by atoms with van der Waals surface area (Å²) in [6.45, 7) is 2.01. The summed E-state index contributed by atoms with van der Waals surface area (Å²) in [5.41, 5.74) is 2.06. The maximum atomic E-state index is 12.1. The Bertz CT molecular complexity index is 709. The van der Waals surface area contributed by atoms with Crippen molar-refractivity contribution in [3.8, 4) is 11.5 Å². The highest BCUT2D eigenvalue weighted by Gasteiger charge is 2.13. The minimum Gasteiger partial charge on any atom is -0.493 e. The second kappa shape index (κ2) is 7.57. The Kier molecular flexibility index (Phi) is 5.74. The lowest BCUT2D eigenvalue weighted by Crippen LogP contribution is -2.06. The molecule has 0 amide bonds. The van der Waals surface area contributed by atoms with E-state index in [9.17, 15) is 4.79 Å². The van der Waals surface area contributed by atoms with Gasteiger partial charge in [0, 0.05) is 10.0 Å². The van der Waals surface area contributed by atoms with Crippen LogP contribution in [-0.2, 0) is 11.3 Å². The summed E-state index contributed by atoms with van der Waals surface area (Å²) in [6.07, 6.45) is 0. The fourth-order valence-corrected chi connectivity index (χ4v) is 2.60. The van der Waals surface area contributed by atoms with Gasteiger partial charge in [-0.1, -0.05) is 23.2 Å². The zero-order valence-corrected chi connectivity index (χ0v) is 14.5. The van der Waals surface area contributed by atoms with Gasteiger partial charge in [-0.2, -0.15) is 0 Å². The Labute approximate surface area is 144 Å². The molecule has 0 unspecified atom stereocenters. The maximum absolute atomic E-state index is 12.1. The Morgan fingerprint density at radius 1 is 0.957 bits per heavy atom. The largest absolute Gasteiger partial charge is 0.493 e. The Hall–Kier alpha value is -1.91. The normalized spacial score (nSPS) is 10.3. The lowest BCUT2D eigenvalue weighted by atomic mass is 10.1. The van der Waals surface area contributed by atoms with Gasteiger partial charge >= 0.3 is 5.97 Å². The number of aryl methyl sites for hydroxylation is 1. The van der Waals surface area contributed by atoms with Gasteiger partial charge in [-0.3, -0.25) is 0 Å². The van der Waals surface area contributed by atoms with E-state index in [4.69, 9.17) is 37.4 Å². The summed E-state index contributed by atoms with van der Waals surface area (Å²) in [4.78, 5) is 12.1. The van der Waals surface area contributed by atoms with Gasteiger partial charge in [0.2, 0.25) is 0 Å². The van der Waals surface area contributed by atoms with Crippen LogP contribution in [0.25, 0.3) is 0 Å². The van der Waals surface area contributed by atoms with E-state index in [1.54, 1.807) is 26.4 Å². The number of methoxy groups -OCH3 is 2. The fraction of sp³-hybridized carbons (Fsp3) is 0.235. The molecule has 2 rings (SSSR count). The van der Waals surface area contributed by atoms with Crippen LogP contribution in [0.1, 0.15) is 21.5 Å². The molecule has 0 spiro atoms. The monoisotopic (exact) mass is 354 g/mol. The predicted octanol–water partition coefficient (Wildman–Crippen LogP) is 4.68. The van der Waals surface area contributed by atoms with Crippen LogP contribution in [0.3, 0.4) is 0 Å². The molecule has 23 heavy (non-hydrogen) atoms. The minimum absolute atomic E-state index is 0.106. The van der Waals surface area contributed by atoms with E-state index < -0.39 is 5.97 Å². The van der Waals surface area contributed by atoms with Crippen LogP contribution in [0.2, 0.25) is 10.0 Å². The van der Waals surface area contributed by atoms with E-state index in [1.807, 2.05) is 13.0 Å². The molecule has 6 heteroatoms. The molecule has 0 aliphatic rings. The van der Waals surface area contributed by atoms with E-state index >= 15 is 0 Å². The molecule has 4 nitrogen and oxygen atoms in total. The lowest BCUT2D eigenvalue weighted by molar-refractivity contribution is 0.0472. The van der Waals surface area contributed by atoms with Crippen molar-refractivity contribution in [2.75, 3.05) is 14.2 Å². The summed E-state index contributed by atoms with van der Waals surface area (Å²) in [5, 5.41) is 0.762. The van der Waals surface area contributed by atoms with Crippen molar-refractivity contribution in [2.45, 2.75) is 13.5 Å². The van der Waals surface area contributed by atoms with Crippen molar-refractivity contribution < 1.29 is 19.0 Å². The number of ether oxygens (including phenoxy) is 3. The summed E-state index contributed by atoms with van der Waals surface area (Å²) in [6, 6.07) is 8.19. The predicted molar refractivity (Wildman–Crippen MR) is 89.9 cm³/mol. The Morgan fingerprint density at radius 3 is 2.09 bits per heavy atom. The van der Waals surface area contributed by atoms with Crippen LogP contribution in [0.5, 0.6) is 11.5 Å². The number of hydrogen-bond donors (Lipinski definition) is 0. The number of carbonyl (C=O) groups excluding carboxylic acids is 1. The highest BCUT2D eigenvalue weighted by molar-refractivity contribution is 6.35. The first-order valence-electron chi connectivity index (χ1n) is 6.79. The summed E-state index contributed by atoms with van der Waals surface area (Å²) in [5.74, 6) is 0.709. The maximum Gasteiger partial charge on any atom is 0.338 e. The van der Waals surface area contributed by atoms with Crippen molar-refractivity contribution in [3.05, 3.63) is 57.1 Å². The minimum atomic E-state index is -0.497. The molecule has 0 fully saturated rings. The van der Waals surface area contributed by atoms with E-state index in [2.05, 4.69) is 0 Å². The highest BCUT2D eigenvalue weighted by atomic mass is 35.5. The van der Waals surface area contributed by atoms with Gasteiger partial charge in [-0.25, -0.2) is 4.79 Å². The van der Waals surface area contributed by atoms with Gasteiger partial charge in [-0.15, -0.1) is 0 Å². The van der Waals surface area contributed by atoms with Crippen molar-refractivity contribution >= 4 is 29.2 Å². The van der Waals surface area contributed by atoms with Crippen molar-refractivity contribution in [1.29, 1.82) is 0 Å². The van der Waals surface area contributed by atoms with E-state index in [-0.39, 0.29) is 6.61 Å². The molecule has 0 aliphatic carbocycles. The van der Waals surface area contributed by atoms with Crippen LogP contribution in [0, 0.1) is 6.92 Å². The summed E-state index contributed by atoms with van der Waals surface area (Å²) >= 11 is 11.8. The number of carbonyl (C=O) groups is 1. The fourth-order valence-electron chi connectivity index (χ4n) is 2.08. The quantitative estimate of drug-likeness (QED) is 0.731. The first-order chi connectivity index (χ1) is 10.9. The van der Waals surface area contributed by atoms with Crippen LogP contribution in [0.15, 0.2) is 30.3 Å². The number of esters is 1. The molecule has 0 aliphatic heterocycles. The average Bonchev–Trinajstić information content (AvgIpc) is 2.52. The number of rotatable bonds is 5. The molecule has 0 aromatic heterocycles. The van der Waals surface area contributed by atoms with Crippen molar-refractivity contribution in [1.82, 2.24) is 0 Å². The summed E-state index contributed by atoms with van der Waals surface area (Å²) < 4.78 is 15.8. The first-order valence-corrected chi connectivity index (χ1v) is 7.55. The molecule has 0 radical (unpaired) electrons. The molecule has 0 N–H and O–H groups in total. The van der Waals surface area contributed by atoms with Crippen molar-refractivity contribution in [3.63, 3.8) is 0 Å². The average molecular weight is 355 g/mol. The molecular formula is C17H16Cl2O4. The Balaban J connectivity index is 2.15. The topological polar surface area (TPSA) is 44.8 Å². The van der Waals surface area contributed by atoms with E-state index in [0.29, 0.717) is 27.1 Å². The molecule has 0 atom stereocenters. The third kappa shape index (κ3) is 4.30. The van der Waals surface area contributed by atoms with Gasteiger partial charge < -0.3 is 14.2 Å². The van der Waals surface area contributed by atoms with E-state index in [0.717, 1.165) is 11.1 Å². The van der Waals surface area contributed by atoms with Crippen LogP contribution < -0.4 is 9.47 Å². The molecule has 0 bridgehead atoms. The smallest absolute Gasteiger partial charge is 0.338 e. The SMILES string of the molecule is COc1cc(C)c(COC(=O)c2cc(Cl)cc(Cl)c2)cc1OC. The zero-order chi connectivity index (χ0) is 17.0. The van der Waals surface area contributed by atoms with Gasteiger partial charge in [0.1, 0.15) is 6.61 Å². The van der Waals surface area contributed by atoms with Crippen LogP contribution in [0.4, 0.5) is 0 Å². The molecule has 0 saturated carbocycles. The van der Waals surface area contributed by atoms with Crippen molar-refractivity contribution in [2.24, 2.45) is 0 Å².